The molecule has 1 saturated heterocycles. The Balaban J connectivity index is 2.40. The fourth-order valence-electron chi connectivity index (χ4n) is 1.58. The Morgan fingerprint density at radius 3 is 2.81 bits per heavy atom. The van der Waals surface area contributed by atoms with Crippen LogP contribution in [0, 0.1) is 10.1 Å². The number of nitrogens with zero attached hydrogens (tertiary/aromatic N) is 4. The number of nitro groups is 1. The van der Waals surface area contributed by atoms with Crippen LogP contribution in [-0.4, -0.2) is 41.1 Å². The van der Waals surface area contributed by atoms with Crippen molar-refractivity contribution < 1.29 is 9.66 Å². The second-order valence-electron chi connectivity index (χ2n) is 3.48. The summed E-state index contributed by atoms with van der Waals surface area (Å²) < 4.78 is 4.84. The van der Waals surface area contributed by atoms with Gasteiger partial charge in [0.05, 0.1) is 12.0 Å². The maximum atomic E-state index is 10.9. The number of rotatable bonds is 3. The van der Waals surface area contributed by atoms with Crippen LogP contribution in [0.2, 0.25) is 0 Å². The maximum Gasteiger partial charge on any atom is 0.372 e. The largest absolute Gasteiger partial charge is 0.476 e. The molecule has 0 radical (unpaired) electrons. The summed E-state index contributed by atoms with van der Waals surface area (Å²) in [7, 11) is 1.33. The van der Waals surface area contributed by atoms with Gasteiger partial charge in [-0.05, 0) is 0 Å². The Hall–Kier alpha value is -1.96. The zero-order chi connectivity index (χ0) is 11.7. The molecule has 2 rings (SSSR count). The van der Waals surface area contributed by atoms with Crippen molar-refractivity contribution in [3.8, 4) is 5.88 Å². The molecule has 0 saturated carbocycles. The van der Waals surface area contributed by atoms with Crippen molar-refractivity contribution in [1.82, 2.24) is 9.97 Å². The molecule has 1 aromatic rings. The van der Waals surface area contributed by atoms with Gasteiger partial charge in [0.15, 0.2) is 0 Å². The number of hydrogen-bond donors (Lipinski definition) is 1. The number of methoxy groups -OCH3 is 1. The number of anilines is 1. The van der Waals surface area contributed by atoms with Crippen LogP contribution in [0.15, 0.2) is 6.33 Å². The van der Waals surface area contributed by atoms with Crippen molar-refractivity contribution in [2.45, 2.75) is 6.04 Å². The standard InChI is InChI=1S/C8H11N5O3/c1-16-8-6(13(14)15)7(10-4-11-8)12-2-5(9)3-12/h4-5H,2-3,9H2,1H3. The fraction of sp³-hybridized carbons (Fsp3) is 0.500. The van der Waals surface area contributed by atoms with E-state index in [0.717, 1.165) is 0 Å². The van der Waals surface area contributed by atoms with E-state index in [1.54, 1.807) is 4.90 Å². The smallest absolute Gasteiger partial charge is 0.372 e. The highest BCUT2D eigenvalue weighted by molar-refractivity contribution is 5.64. The lowest BCUT2D eigenvalue weighted by molar-refractivity contribution is -0.385. The molecule has 2 N–H and O–H groups in total. The Bertz CT molecular complexity index is 418. The van der Waals surface area contributed by atoms with Gasteiger partial charge in [-0.15, -0.1) is 0 Å². The average molecular weight is 225 g/mol. The third kappa shape index (κ3) is 1.63. The molecule has 0 unspecified atom stereocenters. The van der Waals surface area contributed by atoms with Crippen molar-refractivity contribution in [2.24, 2.45) is 5.73 Å². The van der Waals surface area contributed by atoms with Gasteiger partial charge in [-0.1, -0.05) is 0 Å². The molecule has 0 atom stereocenters. The zero-order valence-corrected chi connectivity index (χ0v) is 8.66. The number of hydrogen-bond acceptors (Lipinski definition) is 7. The van der Waals surface area contributed by atoms with Gasteiger partial charge in [0.1, 0.15) is 6.33 Å². The minimum absolute atomic E-state index is 0.0320. The number of aromatic nitrogens is 2. The first-order valence-electron chi connectivity index (χ1n) is 4.67. The van der Waals surface area contributed by atoms with E-state index in [2.05, 4.69) is 9.97 Å². The Labute approximate surface area is 91.2 Å². The first kappa shape index (κ1) is 10.6. The Kier molecular flexibility index (Phi) is 2.57. The molecule has 1 aliphatic rings. The molecule has 1 fully saturated rings. The molecular formula is C8H11N5O3. The molecule has 0 amide bonds. The van der Waals surface area contributed by atoms with Gasteiger partial charge in [-0.25, -0.2) is 4.98 Å². The van der Waals surface area contributed by atoms with E-state index in [9.17, 15) is 10.1 Å². The van der Waals surface area contributed by atoms with Crippen LogP contribution in [-0.2, 0) is 0 Å². The van der Waals surface area contributed by atoms with Gasteiger partial charge in [-0.3, -0.25) is 10.1 Å². The second kappa shape index (κ2) is 3.89. The highest BCUT2D eigenvalue weighted by Crippen LogP contribution is 2.34. The summed E-state index contributed by atoms with van der Waals surface area (Å²) in [4.78, 5) is 19.7. The lowest BCUT2D eigenvalue weighted by atomic mass is 10.1. The summed E-state index contributed by atoms with van der Waals surface area (Å²) in [6, 6.07) is 0.0422. The predicted molar refractivity (Wildman–Crippen MR) is 55.4 cm³/mol. The predicted octanol–water partition coefficient (Wildman–Crippen LogP) is -0.459. The van der Waals surface area contributed by atoms with E-state index in [4.69, 9.17) is 10.5 Å². The number of nitrogens with two attached hydrogens (primary N) is 1. The highest BCUT2D eigenvalue weighted by Gasteiger charge is 2.33. The fourth-order valence-corrected chi connectivity index (χ4v) is 1.58. The summed E-state index contributed by atoms with van der Waals surface area (Å²) in [5.74, 6) is 0.231. The van der Waals surface area contributed by atoms with Gasteiger partial charge in [0.2, 0.25) is 5.82 Å². The van der Waals surface area contributed by atoms with Crippen LogP contribution in [0.5, 0.6) is 5.88 Å². The van der Waals surface area contributed by atoms with Gasteiger partial charge < -0.3 is 15.4 Å². The SMILES string of the molecule is COc1ncnc(N2CC(N)C2)c1[N+](=O)[O-]. The van der Waals surface area contributed by atoms with E-state index >= 15 is 0 Å². The average Bonchev–Trinajstić information content (AvgIpc) is 2.23. The van der Waals surface area contributed by atoms with E-state index in [1.807, 2.05) is 0 Å². The quantitative estimate of drug-likeness (QED) is 0.547. The third-order valence-corrected chi connectivity index (χ3v) is 2.35. The first-order chi connectivity index (χ1) is 7.63. The topological polar surface area (TPSA) is 107 Å². The van der Waals surface area contributed by atoms with Crippen molar-refractivity contribution in [3.05, 3.63) is 16.4 Å². The molecule has 0 spiro atoms. The molecule has 86 valence electrons. The first-order valence-corrected chi connectivity index (χ1v) is 4.67. The van der Waals surface area contributed by atoms with Gasteiger partial charge in [0.25, 0.3) is 5.88 Å². The summed E-state index contributed by atoms with van der Waals surface area (Å²) >= 11 is 0. The molecule has 0 bridgehead atoms. The Morgan fingerprint density at radius 2 is 2.31 bits per heavy atom. The van der Waals surface area contributed by atoms with Crippen LogP contribution in [0.3, 0.4) is 0 Å². The van der Waals surface area contributed by atoms with Crippen molar-refractivity contribution >= 4 is 11.5 Å². The van der Waals surface area contributed by atoms with E-state index in [-0.39, 0.29) is 23.4 Å². The monoisotopic (exact) mass is 225 g/mol. The molecule has 8 heteroatoms. The molecule has 1 aliphatic heterocycles. The number of ether oxygens (including phenoxy) is 1. The van der Waals surface area contributed by atoms with Gasteiger partial charge in [0, 0.05) is 19.1 Å². The molecule has 0 aromatic carbocycles. The third-order valence-electron chi connectivity index (χ3n) is 2.35. The van der Waals surface area contributed by atoms with Crippen molar-refractivity contribution in [1.29, 1.82) is 0 Å². The second-order valence-corrected chi connectivity index (χ2v) is 3.48. The van der Waals surface area contributed by atoms with E-state index in [1.165, 1.54) is 13.4 Å². The van der Waals surface area contributed by atoms with Crippen LogP contribution >= 0.6 is 0 Å². The van der Waals surface area contributed by atoms with Crippen LogP contribution in [0.25, 0.3) is 0 Å². The van der Waals surface area contributed by atoms with Crippen LogP contribution < -0.4 is 15.4 Å². The minimum Gasteiger partial charge on any atom is -0.476 e. The van der Waals surface area contributed by atoms with Crippen LogP contribution in [0.1, 0.15) is 0 Å². The Morgan fingerprint density at radius 1 is 1.62 bits per heavy atom. The molecule has 8 nitrogen and oxygen atoms in total. The van der Waals surface area contributed by atoms with Crippen LogP contribution in [0.4, 0.5) is 11.5 Å². The normalized spacial score (nSPS) is 15.8. The molecule has 16 heavy (non-hydrogen) atoms. The van der Waals surface area contributed by atoms with Gasteiger partial charge in [-0.2, -0.15) is 4.98 Å². The van der Waals surface area contributed by atoms with E-state index < -0.39 is 4.92 Å². The highest BCUT2D eigenvalue weighted by atomic mass is 16.6. The lowest BCUT2D eigenvalue weighted by Crippen LogP contribution is -2.56. The summed E-state index contributed by atoms with van der Waals surface area (Å²) in [6.07, 6.45) is 1.24. The summed E-state index contributed by atoms with van der Waals surface area (Å²) in [5.41, 5.74) is 5.41. The van der Waals surface area contributed by atoms with E-state index in [0.29, 0.717) is 13.1 Å². The summed E-state index contributed by atoms with van der Waals surface area (Å²) in [6.45, 7) is 1.11. The molecule has 0 aliphatic carbocycles. The van der Waals surface area contributed by atoms with Crippen molar-refractivity contribution in [2.75, 3.05) is 25.1 Å². The summed E-state index contributed by atoms with van der Waals surface area (Å²) in [5, 5.41) is 10.9. The van der Waals surface area contributed by atoms with Gasteiger partial charge >= 0.3 is 5.69 Å². The molecular weight excluding hydrogens is 214 g/mol. The van der Waals surface area contributed by atoms with Crippen molar-refractivity contribution in [3.63, 3.8) is 0 Å². The molecule has 1 aromatic heterocycles. The minimum atomic E-state index is -0.544. The lowest BCUT2D eigenvalue weighted by Gasteiger charge is -2.37. The molecule has 2 heterocycles. The maximum absolute atomic E-state index is 10.9. The zero-order valence-electron chi connectivity index (χ0n) is 8.66.